The Balaban J connectivity index is 2.10. The van der Waals surface area contributed by atoms with E-state index in [2.05, 4.69) is 4.90 Å². The first-order valence-electron chi connectivity index (χ1n) is 4.48. The molecule has 0 aromatic heterocycles. The number of piperidine rings is 1. The number of aliphatic hydroxyl groups excluding tert-OH is 3. The van der Waals surface area contributed by atoms with E-state index in [-0.39, 0.29) is 6.04 Å². The highest BCUT2D eigenvalue weighted by Crippen LogP contribution is 2.27. The molecule has 2 rings (SSSR count). The van der Waals surface area contributed by atoms with E-state index in [0.717, 1.165) is 19.4 Å². The number of hydrogen-bond donors (Lipinski definition) is 3. The van der Waals surface area contributed by atoms with Gasteiger partial charge in [0.25, 0.3) is 0 Å². The van der Waals surface area contributed by atoms with Crippen LogP contribution in [0.5, 0.6) is 0 Å². The Morgan fingerprint density at radius 3 is 2.58 bits per heavy atom. The summed E-state index contributed by atoms with van der Waals surface area (Å²) in [6.45, 7) is 1.44. The van der Waals surface area contributed by atoms with Crippen LogP contribution in [0.2, 0.25) is 0 Å². The van der Waals surface area contributed by atoms with Crippen molar-refractivity contribution in [2.45, 2.75) is 37.2 Å². The van der Waals surface area contributed by atoms with Gasteiger partial charge < -0.3 is 15.3 Å². The molecule has 0 radical (unpaired) electrons. The molecule has 0 amide bonds. The summed E-state index contributed by atoms with van der Waals surface area (Å²) in [5.74, 6) is 0. The minimum atomic E-state index is -0.954. The third-order valence-electron chi connectivity index (χ3n) is 2.97. The van der Waals surface area contributed by atoms with Crippen molar-refractivity contribution < 1.29 is 15.3 Å². The number of aliphatic hydroxyl groups is 3. The van der Waals surface area contributed by atoms with Gasteiger partial charge in [-0.15, -0.1) is 0 Å². The molecule has 4 atom stereocenters. The van der Waals surface area contributed by atoms with E-state index in [1.807, 2.05) is 0 Å². The fourth-order valence-corrected chi connectivity index (χ4v) is 2.27. The third kappa shape index (κ3) is 1.15. The van der Waals surface area contributed by atoms with Gasteiger partial charge in [-0.2, -0.15) is 0 Å². The lowest BCUT2D eigenvalue weighted by Gasteiger charge is -2.39. The summed E-state index contributed by atoms with van der Waals surface area (Å²) in [6.07, 6.45) is -0.513. The van der Waals surface area contributed by atoms with E-state index in [1.165, 1.54) is 0 Å². The molecule has 0 bridgehead atoms. The van der Waals surface area contributed by atoms with Crippen LogP contribution in [-0.4, -0.2) is 57.7 Å². The lowest BCUT2D eigenvalue weighted by atomic mass is 9.94. The van der Waals surface area contributed by atoms with E-state index in [4.69, 9.17) is 0 Å². The topological polar surface area (TPSA) is 63.9 Å². The van der Waals surface area contributed by atoms with Gasteiger partial charge in [0.2, 0.25) is 0 Å². The van der Waals surface area contributed by atoms with Gasteiger partial charge in [-0.05, 0) is 19.4 Å². The van der Waals surface area contributed by atoms with Gasteiger partial charge in [-0.3, -0.25) is 4.90 Å². The van der Waals surface area contributed by atoms with Gasteiger partial charge in [-0.25, -0.2) is 0 Å². The van der Waals surface area contributed by atoms with Gasteiger partial charge in [0.05, 0.1) is 12.2 Å². The summed E-state index contributed by atoms with van der Waals surface area (Å²) >= 11 is 0. The normalized spacial score (nSPS) is 49.2. The highest BCUT2D eigenvalue weighted by Gasteiger charge is 2.42. The predicted octanol–water partition coefficient (Wildman–Crippen LogP) is -1.45. The molecule has 2 aliphatic rings. The molecule has 12 heavy (non-hydrogen) atoms. The van der Waals surface area contributed by atoms with Crippen molar-refractivity contribution in [1.29, 1.82) is 0 Å². The second-order valence-corrected chi connectivity index (χ2v) is 3.75. The molecule has 3 N–H and O–H groups in total. The molecule has 0 aromatic carbocycles. The first kappa shape index (κ1) is 8.44. The molecule has 2 aliphatic heterocycles. The number of nitrogens with zero attached hydrogens (tertiary/aromatic N) is 1. The summed E-state index contributed by atoms with van der Waals surface area (Å²) in [4.78, 5) is 2.06. The maximum absolute atomic E-state index is 9.57. The molecule has 4 nitrogen and oxygen atoms in total. The van der Waals surface area contributed by atoms with Crippen molar-refractivity contribution in [3.05, 3.63) is 0 Å². The second-order valence-electron chi connectivity index (χ2n) is 3.75. The van der Waals surface area contributed by atoms with Crippen molar-refractivity contribution >= 4 is 0 Å². The molecule has 70 valence electrons. The van der Waals surface area contributed by atoms with Crippen LogP contribution in [-0.2, 0) is 0 Å². The van der Waals surface area contributed by atoms with Crippen molar-refractivity contribution in [3.63, 3.8) is 0 Å². The molecular weight excluding hydrogens is 158 g/mol. The summed E-state index contributed by atoms with van der Waals surface area (Å²) < 4.78 is 0. The minimum Gasteiger partial charge on any atom is -0.389 e. The Kier molecular flexibility index (Phi) is 2.08. The largest absolute Gasteiger partial charge is 0.389 e. The van der Waals surface area contributed by atoms with Crippen LogP contribution >= 0.6 is 0 Å². The van der Waals surface area contributed by atoms with E-state index in [0.29, 0.717) is 6.54 Å². The Bertz CT molecular complexity index is 176. The van der Waals surface area contributed by atoms with Crippen LogP contribution in [0.25, 0.3) is 0 Å². The van der Waals surface area contributed by atoms with Crippen LogP contribution in [0, 0.1) is 0 Å². The van der Waals surface area contributed by atoms with E-state index < -0.39 is 18.3 Å². The highest BCUT2D eigenvalue weighted by atomic mass is 16.4. The van der Waals surface area contributed by atoms with Crippen LogP contribution in [0.4, 0.5) is 0 Å². The Morgan fingerprint density at radius 2 is 1.83 bits per heavy atom. The van der Waals surface area contributed by atoms with Gasteiger partial charge in [0, 0.05) is 12.6 Å². The quantitative estimate of drug-likeness (QED) is 0.419. The predicted molar refractivity (Wildman–Crippen MR) is 42.6 cm³/mol. The van der Waals surface area contributed by atoms with Gasteiger partial charge in [0.15, 0.2) is 0 Å². The van der Waals surface area contributed by atoms with E-state index in [9.17, 15) is 15.3 Å². The second kappa shape index (κ2) is 2.96. The van der Waals surface area contributed by atoms with Crippen LogP contribution in [0.15, 0.2) is 0 Å². The highest BCUT2D eigenvalue weighted by molar-refractivity contribution is 4.97. The minimum absolute atomic E-state index is 0.0726. The summed E-state index contributed by atoms with van der Waals surface area (Å²) in [6, 6.07) is 0.0726. The summed E-state index contributed by atoms with van der Waals surface area (Å²) in [7, 11) is 0. The van der Waals surface area contributed by atoms with Crippen molar-refractivity contribution in [2.75, 3.05) is 13.1 Å². The average molecular weight is 173 g/mol. The molecule has 2 fully saturated rings. The number of fused-ring (bicyclic) bond motifs is 1. The van der Waals surface area contributed by atoms with Gasteiger partial charge in [0.1, 0.15) is 6.10 Å². The van der Waals surface area contributed by atoms with Crippen LogP contribution in [0.3, 0.4) is 0 Å². The zero-order chi connectivity index (χ0) is 8.72. The fraction of sp³-hybridized carbons (Fsp3) is 1.00. The molecule has 0 aliphatic carbocycles. The summed E-state index contributed by atoms with van der Waals surface area (Å²) in [5.41, 5.74) is 0. The molecule has 0 saturated carbocycles. The molecule has 2 heterocycles. The molecule has 0 spiro atoms. The first-order chi connectivity index (χ1) is 5.70. The van der Waals surface area contributed by atoms with E-state index in [1.54, 1.807) is 0 Å². The van der Waals surface area contributed by atoms with Crippen molar-refractivity contribution in [3.8, 4) is 0 Å². The standard InChI is InChI=1S/C8H15NO3/c10-6-4-9-3-1-2-5(9)7(11)8(6)12/h5-8,10-12H,1-4H2/t5-,6+,7+,8+/m1/s1. The Morgan fingerprint density at radius 1 is 1.08 bits per heavy atom. The Labute approximate surface area is 71.4 Å². The average Bonchev–Trinajstić information content (AvgIpc) is 2.48. The van der Waals surface area contributed by atoms with Crippen LogP contribution < -0.4 is 0 Å². The van der Waals surface area contributed by atoms with Gasteiger partial charge in [-0.1, -0.05) is 0 Å². The molecular formula is C8H15NO3. The van der Waals surface area contributed by atoms with Crippen molar-refractivity contribution in [2.24, 2.45) is 0 Å². The Hall–Kier alpha value is -0.160. The maximum Gasteiger partial charge on any atom is 0.108 e. The molecule has 0 aromatic rings. The summed E-state index contributed by atoms with van der Waals surface area (Å²) in [5, 5.41) is 28.3. The lowest BCUT2D eigenvalue weighted by Crippen LogP contribution is -2.58. The lowest BCUT2D eigenvalue weighted by molar-refractivity contribution is -0.127. The first-order valence-corrected chi connectivity index (χ1v) is 4.48. The number of rotatable bonds is 0. The molecule has 4 heteroatoms. The van der Waals surface area contributed by atoms with E-state index >= 15 is 0 Å². The number of hydrogen-bond acceptors (Lipinski definition) is 4. The van der Waals surface area contributed by atoms with Gasteiger partial charge >= 0.3 is 0 Å². The van der Waals surface area contributed by atoms with Crippen molar-refractivity contribution in [1.82, 2.24) is 4.90 Å². The smallest absolute Gasteiger partial charge is 0.108 e. The zero-order valence-electron chi connectivity index (χ0n) is 6.93. The molecule has 2 saturated heterocycles. The molecule has 0 unspecified atom stereocenters. The maximum atomic E-state index is 9.57. The third-order valence-corrected chi connectivity index (χ3v) is 2.97. The zero-order valence-corrected chi connectivity index (χ0v) is 6.93. The monoisotopic (exact) mass is 173 g/mol. The SMILES string of the molecule is O[C@@H]1[C@@H](O)[C@@H](O)CN2CCC[C@H]12. The fourth-order valence-electron chi connectivity index (χ4n) is 2.27. The van der Waals surface area contributed by atoms with Crippen LogP contribution in [0.1, 0.15) is 12.8 Å².